The van der Waals surface area contributed by atoms with E-state index in [-0.39, 0.29) is 11.8 Å². The van der Waals surface area contributed by atoms with Crippen LogP contribution in [0.5, 0.6) is 0 Å². The van der Waals surface area contributed by atoms with Crippen LogP contribution in [0.15, 0.2) is 18.3 Å². The summed E-state index contributed by atoms with van der Waals surface area (Å²) in [5.74, 6) is 1.30. The molecule has 2 aromatic rings. The van der Waals surface area contributed by atoms with Crippen molar-refractivity contribution in [1.82, 2.24) is 19.9 Å². The molecule has 3 rings (SSSR count). The van der Waals surface area contributed by atoms with E-state index in [2.05, 4.69) is 25.2 Å². The Morgan fingerprint density at radius 2 is 2.35 bits per heavy atom. The van der Waals surface area contributed by atoms with E-state index in [4.69, 9.17) is 5.73 Å². The van der Waals surface area contributed by atoms with Crippen LogP contribution in [-0.4, -0.2) is 51.9 Å². The zero-order valence-corrected chi connectivity index (χ0v) is 13.3. The number of aryl methyl sites for hydroxylation is 1. The number of likely N-dealkylation sites (tertiary alicyclic amines) is 1. The van der Waals surface area contributed by atoms with Crippen LogP contribution in [-0.2, 0) is 4.79 Å². The lowest BCUT2D eigenvalue weighted by atomic mass is 9.97. The second-order valence-corrected chi connectivity index (χ2v) is 5.96. The molecular formula is C16H22N6O. The van der Waals surface area contributed by atoms with Gasteiger partial charge in [-0.15, -0.1) is 0 Å². The molecule has 122 valence electrons. The molecule has 0 aromatic carbocycles. The maximum absolute atomic E-state index is 11.3. The highest BCUT2D eigenvalue weighted by Gasteiger charge is 2.23. The van der Waals surface area contributed by atoms with Crippen molar-refractivity contribution in [3.8, 4) is 0 Å². The maximum Gasteiger partial charge on any atom is 0.221 e. The number of aromatic nitrogens is 3. The highest BCUT2D eigenvalue weighted by atomic mass is 16.1. The fourth-order valence-electron chi connectivity index (χ4n) is 3.03. The van der Waals surface area contributed by atoms with Crippen molar-refractivity contribution < 1.29 is 4.79 Å². The summed E-state index contributed by atoms with van der Waals surface area (Å²) in [5, 5.41) is 4.29. The number of hydrogen-bond acceptors (Lipinski definition) is 6. The summed E-state index contributed by atoms with van der Waals surface area (Å²) in [6.07, 6.45) is 3.66. The summed E-state index contributed by atoms with van der Waals surface area (Å²) >= 11 is 0. The van der Waals surface area contributed by atoms with Gasteiger partial charge in [0, 0.05) is 25.8 Å². The SMILES string of the molecule is Cc1nc(NCCN2CCCC(C(N)=O)C2)c2cccnc2n1. The fraction of sp³-hybridized carbons (Fsp3) is 0.500. The van der Waals surface area contributed by atoms with Gasteiger partial charge < -0.3 is 16.0 Å². The van der Waals surface area contributed by atoms with Crippen LogP contribution in [0.2, 0.25) is 0 Å². The third kappa shape index (κ3) is 3.73. The molecule has 1 amide bonds. The van der Waals surface area contributed by atoms with Crippen LogP contribution in [0, 0.1) is 12.8 Å². The van der Waals surface area contributed by atoms with Crippen LogP contribution < -0.4 is 11.1 Å². The average Bonchev–Trinajstić information content (AvgIpc) is 2.55. The van der Waals surface area contributed by atoms with Gasteiger partial charge in [0.1, 0.15) is 11.6 Å². The van der Waals surface area contributed by atoms with Gasteiger partial charge in [0.25, 0.3) is 0 Å². The molecule has 7 heteroatoms. The molecule has 0 aliphatic carbocycles. The van der Waals surface area contributed by atoms with E-state index in [0.717, 1.165) is 50.2 Å². The molecule has 7 nitrogen and oxygen atoms in total. The summed E-state index contributed by atoms with van der Waals surface area (Å²) in [5.41, 5.74) is 6.13. The average molecular weight is 314 g/mol. The number of piperidine rings is 1. The number of primary amides is 1. The molecular weight excluding hydrogens is 292 g/mol. The molecule has 0 bridgehead atoms. The molecule has 3 N–H and O–H groups in total. The smallest absolute Gasteiger partial charge is 0.221 e. The third-order valence-electron chi connectivity index (χ3n) is 4.21. The lowest BCUT2D eigenvalue weighted by Gasteiger charge is -2.31. The number of nitrogens with two attached hydrogens (primary N) is 1. The first kappa shape index (κ1) is 15.6. The Bertz CT molecular complexity index is 704. The number of amides is 1. The van der Waals surface area contributed by atoms with Crippen LogP contribution in [0.4, 0.5) is 5.82 Å². The van der Waals surface area contributed by atoms with Gasteiger partial charge >= 0.3 is 0 Å². The van der Waals surface area contributed by atoms with Crippen molar-refractivity contribution in [2.24, 2.45) is 11.7 Å². The molecule has 1 unspecified atom stereocenters. The van der Waals surface area contributed by atoms with E-state index in [0.29, 0.717) is 11.5 Å². The summed E-state index contributed by atoms with van der Waals surface area (Å²) in [6, 6.07) is 3.85. The predicted octanol–water partition coefficient (Wildman–Crippen LogP) is 0.942. The fourth-order valence-corrected chi connectivity index (χ4v) is 3.03. The largest absolute Gasteiger partial charge is 0.369 e. The second-order valence-electron chi connectivity index (χ2n) is 5.96. The Kier molecular flexibility index (Phi) is 4.66. The van der Waals surface area contributed by atoms with E-state index < -0.39 is 0 Å². The van der Waals surface area contributed by atoms with E-state index in [1.807, 2.05) is 19.1 Å². The molecule has 1 fully saturated rings. The monoisotopic (exact) mass is 314 g/mol. The van der Waals surface area contributed by atoms with Gasteiger partial charge in [0.2, 0.25) is 5.91 Å². The Labute approximate surface area is 135 Å². The minimum absolute atomic E-state index is 0.0184. The number of carbonyl (C=O) groups excluding carboxylic acids is 1. The standard InChI is InChI=1S/C16H22N6O/c1-11-20-15-13(5-2-6-18-15)16(21-11)19-7-9-22-8-3-4-12(10-22)14(17)23/h2,5-6,12H,3-4,7-10H2,1H3,(H2,17,23)(H,18,19,20,21). The van der Waals surface area contributed by atoms with E-state index in [9.17, 15) is 4.79 Å². The van der Waals surface area contributed by atoms with Gasteiger partial charge in [-0.05, 0) is 38.4 Å². The number of nitrogens with one attached hydrogen (secondary N) is 1. The molecule has 23 heavy (non-hydrogen) atoms. The minimum atomic E-state index is -0.189. The van der Waals surface area contributed by atoms with Crippen molar-refractivity contribution in [2.45, 2.75) is 19.8 Å². The lowest BCUT2D eigenvalue weighted by molar-refractivity contribution is -0.123. The molecule has 1 atom stereocenters. The molecule has 2 aromatic heterocycles. The molecule has 1 aliphatic rings. The number of hydrogen-bond donors (Lipinski definition) is 2. The normalized spacial score (nSPS) is 18.9. The van der Waals surface area contributed by atoms with Gasteiger partial charge in [-0.3, -0.25) is 4.79 Å². The number of rotatable bonds is 5. The van der Waals surface area contributed by atoms with Crippen molar-refractivity contribution in [2.75, 3.05) is 31.5 Å². The van der Waals surface area contributed by atoms with Crippen molar-refractivity contribution >= 4 is 22.8 Å². The maximum atomic E-state index is 11.3. The summed E-state index contributed by atoms with van der Waals surface area (Å²) < 4.78 is 0. The molecule has 1 saturated heterocycles. The number of anilines is 1. The van der Waals surface area contributed by atoms with Crippen LogP contribution in [0.1, 0.15) is 18.7 Å². The first-order chi connectivity index (χ1) is 11.1. The second kappa shape index (κ2) is 6.87. The number of carbonyl (C=O) groups is 1. The van der Waals surface area contributed by atoms with Crippen molar-refractivity contribution in [1.29, 1.82) is 0 Å². The Hall–Kier alpha value is -2.28. The van der Waals surface area contributed by atoms with Gasteiger partial charge in [-0.2, -0.15) is 0 Å². The lowest BCUT2D eigenvalue weighted by Crippen LogP contribution is -2.42. The van der Waals surface area contributed by atoms with Crippen molar-refractivity contribution in [3.05, 3.63) is 24.2 Å². The predicted molar refractivity (Wildman–Crippen MR) is 88.9 cm³/mol. The minimum Gasteiger partial charge on any atom is -0.369 e. The Morgan fingerprint density at radius 3 is 3.17 bits per heavy atom. The van der Waals surface area contributed by atoms with Crippen LogP contribution in [0.25, 0.3) is 11.0 Å². The quantitative estimate of drug-likeness (QED) is 0.852. The van der Waals surface area contributed by atoms with E-state index in [1.165, 1.54) is 0 Å². The molecule has 0 spiro atoms. The summed E-state index contributed by atoms with van der Waals surface area (Å²) in [7, 11) is 0. The van der Waals surface area contributed by atoms with Gasteiger partial charge in [0.15, 0.2) is 5.65 Å². The molecule has 0 radical (unpaired) electrons. The van der Waals surface area contributed by atoms with E-state index >= 15 is 0 Å². The number of fused-ring (bicyclic) bond motifs is 1. The van der Waals surface area contributed by atoms with Crippen LogP contribution >= 0.6 is 0 Å². The Morgan fingerprint density at radius 1 is 1.48 bits per heavy atom. The topological polar surface area (TPSA) is 97.0 Å². The molecule has 0 saturated carbocycles. The van der Waals surface area contributed by atoms with Gasteiger partial charge in [0.05, 0.1) is 11.3 Å². The number of pyridine rings is 1. The molecule has 3 heterocycles. The first-order valence-electron chi connectivity index (χ1n) is 7.98. The summed E-state index contributed by atoms with van der Waals surface area (Å²) in [6.45, 7) is 5.24. The van der Waals surface area contributed by atoms with E-state index in [1.54, 1.807) is 6.20 Å². The molecule has 1 aliphatic heterocycles. The zero-order chi connectivity index (χ0) is 16.2. The van der Waals surface area contributed by atoms with Crippen molar-refractivity contribution in [3.63, 3.8) is 0 Å². The van der Waals surface area contributed by atoms with Gasteiger partial charge in [-0.1, -0.05) is 0 Å². The highest BCUT2D eigenvalue weighted by molar-refractivity contribution is 5.86. The third-order valence-corrected chi connectivity index (χ3v) is 4.21. The Balaban J connectivity index is 1.62. The van der Waals surface area contributed by atoms with Crippen LogP contribution in [0.3, 0.4) is 0 Å². The van der Waals surface area contributed by atoms with Gasteiger partial charge in [-0.25, -0.2) is 15.0 Å². The zero-order valence-electron chi connectivity index (χ0n) is 13.3. The highest BCUT2D eigenvalue weighted by Crippen LogP contribution is 2.18. The number of nitrogens with zero attached hydrogens (tertiary/aromatic N) is 4. The first-order valence-corrected chi connectivity index (χ1v) is 7.98. The summed E-state index contributed by atoms with van der Waals surface area (Å²) in [4.78, 5) is 26.7.